The van der Waals surface area contributed by atoms with E-state index in [1.807, 2.05) is 7.05 Å². The van der Waals surface area contributed by atoms with Gasteiger partial charge in [0.1, 0.15) is 5.75 Å². The van der Waals surface area contributed by atoms with Crippen LogP contribution in [0.5, 0.6) is 5.75 Å². The van der Waals surface area contributed by atoms with Gasteiger partial charge in [-0.3, -0.25) is 9.59 Å². The molecular weight excluding hydrogens is 270 g/mol. The molecule has 2 amide bonds. The summed E-state index contributed by atoms with van der Waals surface area (Å²) < 4.78 is 0. The number of nitrogens with two attached hydrogens (primary N) is 2. The number of hydrogen-bond donors (Lipinski definition) is 4. The number of hydrogen-bond acceptors (Lipinski definition) is 4. The number of benzene rings is 1. The highest BCUT2D eigenvalue weighted by molar-refractivity contribution is 6.26. The van der Waals surface area contributed by atoms with Gasteiger partial charge in [-0.25, -0.2) is 0 Å². The molecule has 0 heterocycles. The van der Waals surface area contributed by atoms with Crippen molar-refractivity contribution < 1.29 is 14.7 Å². The SMILES string of the molecule is CNCCC1Cc2cc(O)ccc2C(C(N)=O)=C1C(N)=O. The van der Waals surface area contributed by atoms with Crippen molar-refractivity contribution in [3.05, 3.63) is 34.9 Å². The Kier molecular flexibility index (Phi) is 4.28. The van der Waals surface area contributed by atoms with E-state index in [0.29, 0.717) is 24.9 Å². The van der Waals surface area contributed by atoms with Crippen LogP contribution < -0.4 is 16.8 Å². The maximum Gasteiger partial charge on any atom is 0.249 e. The molecule has 1 aromatic carbocycles. The summed E-state index contributed by atoms with van der Waals surface area (Å²) in [5.41, 5.74) is 12.8. The number of amides is 2. The molecule has 0 saturated heterocycles. The number of carbonyl (C=O) groups is 2. The third-order valence-corrected chi connectivity index (χ3v) is 3.76. The van der Waals surface area contributed by atoms with Crippen LogP contribution in [0.4, 0.5) is 0 Å². The Morgan fingerprint density at radius 1 is 1.33 bits per heavy atom. The van der Waals surface area contributed by atoms with Crippen molar-refractivity contribution in [2.24, 2.45) is 17.4 Å². The number of rotatable bonds is 5. The first-order chi connectivity index (χ1) is 9.95. The predicted octanol–water partition coefficient (Wildman–Crippen LogP) is -0.102. The lowest BCUT2D eigenvalue weighted by atomic mass is 9.76. The van der Waals surface area contributed by atoms with E-state index in [1.165, 1.54) is 6.07 Å². The first kappa shape index (κ1) is 15.1. The standard InChI is InChI=1S/C15H19N3O3/c1-18-5-4-8-6-9-7-10(19)2-3-11(9)13(15(17)21)12(8)14(16)20/h2-3,7-8,18-19H,4-6H2,1H3,(H2,16,20)(H2,17,21). The first-order valence-electron chi connectivity index (χ1n) is 6.76. The normalized spacial score (nSPS) is 17.5. The van der Waals surface area contributed by atoms with E-state index >= 15 is 0 Å². The fourth-order valence-electron chi connectivity index (χ4n) is 2.86. The summed E-state index contributed by atoms with van der Waals surface area (Å²) >= 11 is 0. The molecule has 0 aliphatic heterocycles. The molecule has 0 spiro atoms. The highest BCUT2D eigenvalue weighted by Gasteiger charge is 2.32. The Balaban J connectivity index is 2.61. The second kappa shape index (κ2) is 5.97. The summed E-state index contributed by atoms with van der Waals surface area (Å²) in [6.07, 6.45) is 1.20. The Hall–Kier alpha value is -2.34. The third-order valence-electron chi connectivity index (χ3n) is 3.76. The van der Waals surface area contributed by atoms with Gasteiger partial charge in [-0.05, 0) is 55.6 Å². The second-order valence-corrected chi connectivity index (χ2v) is 5.15. The zero-order chi connectivity index (χ0) is 15.6. The van der Waals surface area contributed by atoms with Crippen molar-refractivity contribution in [1.82, 2.24) is 5.32 Å². The number of fused-ring (bicyclic) bond motifs is 1. The van der Waals surface area contributed by atoms with Crippen LogP contribution in [0.2, 0.25) is 0 Å². The van der Waals surface area contributed by atoms with Crippen LogP contribution in [0.25, 0.3) is 5.57 Å². The zero-order valence-corrected chi connectivity index (χ0v) is 11.8. The molecule has 2 rings (SSSR count). The van der Waals surface area contributed by atoms with Gasteiger partial charge in [0.25, 0.3) is 0 Å². The molecule has 6 heteroatoms. The maximum absolute atomic E-state index is 11.8. The minimum Gasteiger partial charge on any atom is -0.508 e. The lowest BCUT2D eigenvalue weighted by Gasteiger charge is -2.28. The van der Waals surface area contributed by atoms with E-state index < -0.39 is 11.8 Å². The van der Waals surface area contributed by atoms with Crippen LogP contribution >= 0.6 is 0 Å². The summed E-state index contributed by atoms with van der Waals surface area (Å²) in [4.78, 5) is 23.6. The van der Waals surface area contributed by atoms with Crippen LogP contribution in [-0.2, 0) is 16.0 Å². The molecule has 1 atom stereocenters. The summed E-state index contributed by atoms with van der Waals surface area (Å²) in [5.74, 6) is -1.37. The van der Waals surface area contributed by atoms with Gasteiger partial charge in [0.15, 0.2) is 0 Å². The third kappa shape index (κ3) is 2.90. The Bertz CT molecular complexity index is 623. The average molecular weight is 289 g/mol. The minimum absolute atomic E-state index is 0.118. The van der Waals surface area contributed by atoms with Gasteiger partial charge in [-0.15, -0.1) is 0 Å². The molecule has 0 saturated carbocycles. The Morgan fingerprint density at radius 3 is 2.62 bits per heavy atom. The van der Waals surface area contributed by atoms with Crippen LogP contribution in [0.15, 0.2) is 23.8 Å². The Labute approximate surface area is 122 Å². The maximum atomic E-state index is 11.8. The van der Waals surface area contributed by atoms with Crippen LogP contribution in [0, 0.1) is 5.92 Å². The molecule has 0 aromatic heterocycles. The van der Waals surface area contributed by atoms with Gasteiger partial charge >= 0.3 is 0 Å². The van der Waals surface area contributed by atoms with E-state index in [1.54, 1.807) is 12.1 Å². The van der Waals surface area contributed by atoms with Crippen molar-refractivity contribution in [2.45, 2.75) is 12.8 Å². The van der Waals surface area contributed by atoms with Crippen LogP contribution in [0.3, 0.4) is 0 Å². The zero-order valence-electron chi connectivity index (χ0n) is 11.8. The summed E-state index contributed by atoms with van der Waals surface area (Å²) in [5, 5.41) is 12.6. The molecule has 1 aliphatic carbocycles. The monoisotopic (exact) mass is 289 g/mol. The number of phenolic OH excluding ortho intramolecular Hbond substituents is 1. The van der Waals surface area contributed by atoms with Crippen molar-refractivity contribution in [3.63, 3.8) is 0 Å². The molecule has 0 fully saturated rings. The number of carbonyl (C=O) groups excluding carboxylic acids is 2. The van der Waals surface area contributed by atoms with Gasteiger partial charge < -0.3 is 21.9 Å². The molecule has 112 valence electrons. The predicted molar refractivity (Wildman–Crippen MR) is 79.2 cm³/mol. The van der Waals surface area contributed by atoms with Gasteiger partial charge in [0.05, 0.1) is 5.57 Å². The molecule has 1 aromatic rings. The lowest BCUT2D eigenvalue weighted by Crippen LogP contribution is -2.32. The van der Waals surface area contributed by atoms with Crippen molar-refractivity contribution in [2.75, 3.05) is 13.6 Å². The van der Waals surface area contributed by atoms with Crippen LogP contribution in [0.1, 0.15) is 17.5 Å². The number of phenols is 1. The van der Waals surface area contributed by atoms with E-state index in [2.05, 4.69) is 5.32 Å². The number of nitrogens with one attached hydrogen (secondary N) is 1. The van der Waals surface area contributed by atoms with E-state index in [9.17, 15) is 14.7 Å². The molecule has 1 aliphatic rings. The molecule has 6 nitrogen and oxygen atoms in total. The van der Waals surface area contributed by atoms with Crippen LogP contribution in [-0.4, -0.2) is 30.5 Å². The molecule has 6 N–H and O–H groups in total. The summed E-state index contributed by atoms with van der Waals surface area (Å²) in [6.45, 7) is 0.682. The van der Waals surface area contributed by atoms with Gasteiger partial charge in [0, 0.05) is 5.57 Å². The quantitative estimate of drug-likeness (QED) is 0.605. The Morgan fingerprint density at radius 2 is 2.05 bits per heavy atom. The number of aromatic hydroxyl groups is 1. The fourth-order valence-corrected chi connectivity index (χ4v) is 2.86. The smallest absolute Gasteiger partial charge is 0.249 e. The topological polar surface area (TPSA) is 118 Å². The van der Waals surface area contributed by atoms with E-state index in [-0.39, 0.29) is 22.8 Å². The van der Waals surface area contributed by atoms with Gasteiger partial charge in [-0.1, -0.05) is 6.07 Å². The van der Waals surface area contributed by atoms with E-state index in [4.69, 9.17) is 11.5 Å². The second-order valence-electron chi connectivity index (χ2n) is 5.15. The summed E-state index contributed by atoms with van der Waals surface area (Å²) in [6, 6.07) is 4.67. The lowest BCUT2D eigenvalue weighted by molar-refractivity contribution is -0.116. The van der Waals surface area contributed by atoms with E-state index in [0.717, 1.165) is 5.56 Å². The molecular formula is C15H19N3O3. The highest BCUT2D eigenvalue weighted by Crippen LogP contribution is 2.37. The molecule has 21 heavy (non-hydrogen) atoms. The first-order valence-corrected chi connectivity index (χ1v) is 6.76. The average Bonchev–Trinajstić information content (AvgIpc) is 2.42. The van der Waals surface area contributed by atoms with Crippen molar-refractivity contribution >= 4 is 17.4 Å². The highest BCUT2D eigenvalue weighted by atomic mass is 16.3. The molecule has 0 bridgehead atoms. The molecule has 0 radical (unpaired) electrons. The minimum atomic E-state index is -0.676. The summed E-state index contributed by atoms with van der Waals surface area (Å²) in [7, 11) is 1.81. The van der Waals surface area contributed by atoms with Crippen molar-refractivity contribution in [3.8, 4) is 5.75 Å². The van der Waals surface area contributed by atoms with Gasteiger partial charge in [0.2, 0.25) is 11.8 Å². The molecule has 1 unspecified atom stereocenters. The van der Waals surface area contributed by atoms with Crippen molar-refractivity contribution in [1.29, 1.82) is 0 Å². The fraction of sp³-hybridized carbons (Fsp3) is 0.333. The number of primary amides is 2. The largest absolute Gasteiger partial charge is 0.508 e. The van der Waals surface area contributed by atoms with Gasteiger partial charge in [-0.2, -0.15) is 0 Å².